The van der Waals surface area contributed by atoms with Gasteiger partial charge < -0.3 is 15.8 Å². The number of hydrogen-bond donors (Lipinski definition) is 3. The summed E-state index contributed by atoms with van der Waals surface area (Å²) in [7, 11) is 0. The highest BCUT2D eigenvalue weighted by molar-refractivity contribution is 5.71. The molecule has 2 aromatic heterocycles. The summed E-state index contributed by atoms with van der Waals surface area (Å²) in [6, 6.07) is 1.72. The largest absolute Gasteiger partial charge is 0.396 e. The quantitative estimate of drug-likeness (QED) is 0.688. The average molecular weight is 206 g/mol. The van der Waals surface area contributed by atoms with Crippen LogP contribution in [0.3, 0.4) is 0 Å². The number of aromatic amines is 1. The first-order chi connectivity index (χ1) is 7.20. The minimum Gasteiger partial charge on any atom is -0.396 e. The molecule has 0 amide bonds. The van der Waals surface area contributed by atoms with Crippen LogP contribution >= 0.6 is 0 Å². The fourth-order valence-corrected chi connectivity index (χ4v) is 1.47. The molecule has 0 fully saturated rings. The number of aromatic nitrogens is 3. The van der Waals surface area contributed by atoms with Crippen molar-refractivity contribution < 1.29 is 5.11 Å². The number of imidazole rings is 1. The number of rotatable bonds is 3. The Bertz CT molecular complexity index is 465. The highest BCUT2D eigenvalue weighted by Gasteiger charge is 2.11. The van der Waals surface area contributed by atoms with Crippen molar-refractivity contribution >= 4 is 11.2 Å². The minimum atomic E-state index is -0.260. The van der Waals surface area contributed by atoms with Gasteiger partial charge in [0.25, 0.3) is 0 Å². The van der Waals surface area contributed by atoms with E-state index in [-0.39, 0.29) is 12.6 Å². The van der Waals surface area contributed by atoms with Crippen molar-refractivity contribution in [3.8, 4) is 0 Å². The first-order valence-corrected chi connectivity index (χ1v) is 4.89. The molecule has 4 N–H and O–H groups in total. The van der Waals surface area contributed by atoms with Crippen molar-refractivity contribution in [1.82, 2.24) is 15.0 Å². The number of aliphatic hydroxyl groups is 1. The molecule has 1 atom stereocenters. The lowest BCUT2D eigenvalue weighted by molar-refractivity contribution is 0.275. The van der Waals surface area contributed by atoms with Crippen LogP contribution < -0.4 is 5.73 Å². The minimum absolute atomic E-state index is 0.0602. The van der Waals surface area contributed by atoms with Gasteiger partial charge >= 0.3 is 0 Å². The van der Waals surface area contributed by atoms with Gasteiger partial charge in [0.15, 0.2) is 5.65 Å². The predicted octanol–water partition coefficient (Wildman–Crippen LogP) is 0.649. The molecular formula is C10H14N4O. The topological polar surface area (TPSA) is 87.8 Å². The van der Waals surface area contributed by atoms with Crippen LogP contribution in [0.25, 0.3) is 11.2 Å². The smallest absolute Gasteiger partial charge is 0.177 e. The summed E-state index contributed by atoms with van der Waals surface area (Å²) in [5, 5.41) is 8.78. The summed E-state index contributed by atoms with van der Waals surface area (Å²) in [5.41, 5.74) is 8.46. The summed E-state index contributed by atoms with van der Waals surface area (Å²) in [4.78, 5) is 11.6. The van der Waals surface area contributed by atoms with Crippen LogP contribution in [0.15, 0.2) is 12.3 Å². The second kappa shape index (κ2) is 3.96. The molecule has 2 rings (SSSR count). The molecular weight excluding hydrogens is 192 g/mol. The highest BCUT2D eigenvalue weighted by atomic mass is 16.3. The third-order valence-corrected chi connectivity index (χ3v) is 2.28. The Kier molecular flexibility index (Phi) is 2.66. The van der Waals surface area contributed by atoms with E-state index < -0.39 is 0 Å². The van der Waals surface area contributed by atoms with Crippen LogP contribution in [0, 0.1) is 6.92 Å². The van der Waals surface area contributed by atoms with E-state index in [1.54, 1.807) is 6.20 Å². The Morgan fingerprint density at radius 3 is 3.13 bits per heavy atom. The number of hydrogen-bond acceptors (Lipinski definition) is 4. The lowest BCUT2D eigenvalue weighted by Crippen LogP contribution is -2.13. The molecule has 15 heavy (non-hydrogen) atoms. The summed E-state index contributed by atoms with van der Waals surface area (Å²) < 4.78 is 0. The summed E-state index contributed by atoms with van der Waals surface area (Å²) in [6.07, 6.45) is 2.27. The maximum absolute atomic E-state index is 8.78. The first kappa shape index (κ1) is 10.1. The second-order valence-corrected chi connectivity index (χ2v) is 3.62. The van der Waals surface area contributed by atoms with Gasteiger partial charge in [0.2, 0.25) is 0 Å². The zero-order valence-electron chi connectivity index (χ0n) is 8.57. The van der Waals surface area contributed by atoms with Gasteiger partial charge in [-0.25, -0.2) is 9.97 Å². The molecule has 0 saturated heterocycles. The molecule has 0 saturated carbocycles. The molecule has 1 unspecified atom stereocenters. The normalized spacial score (nSPS) is 13.3. The average Bonchev–Trinajstić information content (AvgIpc) is 2.60. The van der Waals surface area contributed by atoms with Crippen LogP contribution in [0.5, 0.6) is 0 Å². The van der Waals surface area contributed by atoms with Gasteiger partial charge in [0.1, 0.15) is 5.82 Å². The standard InChI is InChI=1S/C10H14N4O/c1-6-4-8-10(12-5-6)14-9(13-8)7(11)2-3-15/h4-5,7,15H,2-3,11H2,1H3,(H,12,13,14). The molecule has 5 nitrogen and oxygen atoms in total. The molecule has 2 heterocycles. The van der Waals surface area contributed by atoms with E-state index >= 15 is 0 Å². The maximum Gasteiger partial charge on any atom is 0.177 e. The Morgan fingerprint density at radius 2 is 2.40 bits per heavy atom. The number of nitrogens with two attached hydrogens (primary N) is 1. The lowest BCUT2D eigenvalue weighted by Gasteiger charge is -2.04. The van der Waals surface area contributed by atoms with E-state index in [2.05, 4.69) is 15.0 Å². The monoisotopic (exact) mass is 206 g/mol. The Labute approximate surface area is 87.4 Å². The Morgan fingerprint density at radius 1 is 1.60 bits per heavy atom. The Balaban J connectivity index is 2.38. The van der Waals surface area contributed by atoms with Gasteiger partial charge in [0, 0.05) is 12.8 Å². The van der Waals surface area contributed by atoms with Crippen molar-refractivity contribution in [2.24, 2.45) is 5.73 Å². The number of aliphatic hydroxyl groups excluding tert-OH is 1. The van der Waals surface area contributed by atoms with Crippen molar-refractivity contribution in [3.63, 3.8) is 0 Å². The highest BCUT2D eigenvalue weighted by Crippen LogP contribution is 2.15. The van der Waals surface area contributed by atoms with Crippen LogP contribution in [0.1, 0.15) is 23.9 Å². The molecule has 2 aromatic rings. The SMILES string of the molecule is Cc1cnc2nc(C(N)CCO)[nH]c2c1. The summed E-state index contributed by atoms with van der Waals surface area (Å²) >= 11 is 0. The third-order valence-electron chi connectivity index (χ3n) is 2.28. The van der Waals surface area contributed by atoms with E-state index in [9.17, 15) is 0 Å². The molecule has 0 radical (unpaired) electrons. The number of H-pyrrole nitrogens is 1. The van der Waals surface area contributed by atoms with E-state index in [0.717, 1.165) is 11.1 Å². The van der Waals surface area contributed by atoms with Gasteiger partial charge in [0.05, 0.1) is 11.6 Å². The maximum atomic E-state index is 8.78. The number of pyridine rings is 1. The van der Waals surface area contributed by atoms with E-state index in [1.807, 2.05) is 13.0 Å². The Hall–Kier alpha value is -1.46. The van der Waals surface area contributed by atoms with Crippen LogP contribution in [0.4, 0.5) is 0 Å². The molecule has 0 aliphatic heterocycles. The molecule has 0 bridgehead atoms. The first-order valence-electron chi connectivity index (χ1n) is 4.89. The fourth-order valence-electron chi connectivity index (χ4n) is 1.47. The van der Waals surface area contributed by atoms with Gasteiger partial charge in [-0.1, -0.05) is 0 Å². The van der Waals surface area contributed by atoms with E-state index in [1.165, 1.54) is 0 Å². The second-order valence-electron chi connectivity index (χ2n) is 3.62. The molecule has 0 aliphatic rings. The number of nitrogens with one attached hydrogen (secondary N) is 1. The van der Waals surface area contributed by atoms with Crippen molar-refractivity contribution in [3.05, 3.63) is 23.7 Å². The number of fused-ring (bicyclic) bond motifs is 1. The zero-order chi connectivity index (χ0) is 10.8. The number of aryl methyl sites for hydroxylation is 1. The fraction of sp³-hybridized carbons (Fsp3) is 0.400. The van der Waals surface area contributed by atoms with Gasteiger partial charge in [-0.2, -0.15) is 0 Å². The number of nitrogens with zero attached hydrogens (tertiary/aromatic N) is 2. The summed E-state index contributed by atoms with van der Waals surface area (Å²) in [5.74, 6) is 0.678. The van der Waals surface area contributed by atoms with Crippen molar-refractivity contribution in [2.75, 3.05) is 6.61 Å². The lowest BCUT2D eigenvalue weighted by atomic mass is 10.2. The zero-order valence-corrected chi connectivity index (χ0v) is 8.57. The van der Waals surface area contributed by atoms with E-state index in [0.29, 0.717) is 17.9 Å². The van der Waals surface area contributed by atoms with Crippen LogP contribution in [0.2, 0.25) is 0 Å². The van der Waals surface area contributed by atoms with Crippen LogP contribution in [-0.2, 0) is 0 Å². The molecule has 0 aliphatic carbocycles. The third kappa shape index (κ3) is 1.98. The van der Waals surface area contributed by atoms with Crippen LogP contribution in [-0.4, -0.2) is 26.7 Å². The van der Waals surface area contributed by atoms with E-state index in [4.69, 9.17) is 10.8 Å². The summed E-state index contributed by atoms with van der Waals surface area (Å²) in [6.45, 7) is 2.03. The van der Waals surface area contributed by atoms with Gasteiger partial charge in [-0.05, 0) is 25.0 Å². The van der Waals surface area contributed by atoms with Crippen molar-refractivity contribution in [1.29, 1.82) is 0 Å². The van der Waals surface area contributed by atoms with Gasteiger partial charge in [-0.3, -0.25) is 0 Å². The van der Waals surface area contributed by atoms with Crippen molar-refractivity contribution in [2.45, 2.75) is 19.4 Å². The molecule has 80 valence electrons. The van der Waals surface area contributed by atoms with Gasteiger partial charge in [-0.15, -0.1) is 0 Å². The molecule has 0 aromatic carbocycles. The molecule has 5 heteroatoms. The molecule has 0 spiro atoms. The predicted molar refractivity (Wildman–Crippen MR) is 57.3 cm³/mol.